The Hall–Kier alpha value is -2.28. The molecule has 1 amide bonds. The Balaban J connectivity index is 0.00000392. The van der Waals surface area contributed by atoms with Crippen LogP contribution in [0.15, 0.2) is 36.4 Å². The number of esters is 1. The molecule has 0 aromatic heterocycles. The number of hydrogen-bond acceptors (Lipinski definition) is 5. The molecule has 0 heterocycles. The number of amides is 1. The molecule has 0 aliphatic heterocycles. The maximum absolute atomic E-state index is 12.6. The molecule has 0 radical (unpaired) electrons. The molecule has 0 bridgehead atoms. The third-order valence-corrected chi connectivity index (χ3v) is 4.17. The summed E-state index contributed by atoms with van der Waals surface area (Å²) < 4.78 is 10.2. The van der Waals surface area contributed by atoms with Gasteiger partial charge in [0.15, 0.2) is 0 Å². The molecule has 0 aliphatic rings. The summed E-state index contributed by atoms with van der Waals surface area (Å²) in [4.78, 5) is 26.6. The van der Waals surface area contributed by atoms with Crippen LogP contribution in [0.5, 0.6) is 5.75 Å². The highest BCUT2D eigenvalue weighted by molar-refractivity contribution is 6.31. The lowest BCUT2D eigenvalue weighted by Crippen LogP contribution is -2.31. The molecule has 0 spiro atoms. The van der Waals surface area contributed by atoms with E-state index in [2.05, 4.69) is 5.32 Å². The van der Waals surface area contributed by atoms with Gasteiger partial charge in [-0.05, 0) is 56.1 Å². The molecule has 152 valence electrons. The Morgan fingerprint density at radius 2 is 1.75 bits per heavy atom. The van der Waals surface area contributed by atoms with Crippen LogP contribution in [0.3, 0.4) is 0 Å². The minimum absolute atomic E-state index is 0. The first-order valence-electron chi connectivity index (χ1n) is 8.36. The fourth-order valence-electron chi connectivity index (χ4n) is 2.55. The van der Waals surface area contributed by atoms with Gasteiger partial charge in [0.05, 0.1) is 19.8 Å². The van der Waals surface area contributed by atoms with Crippen molar-refractivity contribution in [2.24, 2.45) is 0 Å². The van der Waals surface area contributed by atoms with Crippen LogP contribution in [-0.4, -0.2) is 58.2 Å². The van der Waals surface area contributed by atoms with Crippen LogP contribution in [0.2, 0.25) is 5.02 Å². The summed E-state index contributed by atoms with van der Waals surface area (Å²) in [5, 5.41) is 3.36. The number of ether oxygens (including phenoxy) is 2. The van der Waals surface area contributed by atoms with E-state index in [1.807, 2.05) is 19.0 Å². The van der Waals surface area contributed by atoms with Crippen molar-refractivity contribution in [1.82, 2.24) is 10.2 Å². The molecule has 0 saturated heterocycles. The third-order valence-electron chi connectivity index (χ3n) is 3.93. The zero-order valence-corrected chi connectivity index (χ0v) is 17.8. The molecular formula is C20H24Cl2N2O4. The van der Waals surface area contributed by atoms with Gasteiger partial charge in [0, 0.05) is 29.2 Å². The van der Waals surface area contributed by atoms with Crippen molar-refractivity contribution >= 4 is 35.9 Å². The standard InChI is InChI=1S/C20H23ClN2O4.ClH/c1-23(2)8-7-22-19(24)14-9-13(10-15(11-14)20(25)27-4)17-12-16(21)5-6-18(17)26-3;/h5-6,9-12H,7-8H2,1-4H3,(H,22,24);1H. The van der Waals surface area contributed by atoms with E-state index >= 15 is 0 Å². The van der Waals surface area contributed by atoms with Gasteiger partial charge in [-0.3, -0.25) is 4.79 Å². The highest BCUT2D eigenvalue weighted by Crippen LogP contribution is 2.33. The molecule has 28 heavy (non-hydrogen) atoms. The smallest absolute Gasteiger partial charge is 0.337 e. The monoisotopic (exact) mass is 426 g/mol. The number of methoxy groups -OCH3 is 2. The van der Waals surface area contributed by atoms with Gasteiger partial charge in [0.25, 0.3) is 5.91 Å². The lowest BCUT2D eigenvalue weighted by molar-refractivity contribution is 0.0600. The van der Waals surface area contributed by atoms with Gasteiger partial charge in [0.2, 0.25) is 0 Å². The molecule has 0 fully saturated rings. The van der Waals surface area contributed by atoms with Crippen molar-refractivity contribution in [3.8, 4) is 16.9 Å². The van der Waals surface area contributed by atoms with Gasteiger partial charge in [-0.15, -0.1) is 12.4 Å². The van der Waals surface area contributed by atoms with E-state index < -0.39 is 5.97 Å². The van der Waals surface area contributed by atoms with Gasteiger partial charge in [0.1, 0.15) is 5.75 Å². The summed E-state index contributed by atoms with van der Waals surface area (Å²) in [6.45, 7) is 1.20. The number of halogens is 2. The SMILES string of the molecule is COC(=O)c1cc(C(=O)NCCN(C)C)cc(-c2cc(Cl)ccc2OC)c1.Cl. The fraction of sp³-hybridized carbons (Fsp3) is 0.300. The molecule has 0 unspecified atom stereocenters. The Labute approximate surface area is 176 Å². The molecule has 6 nitrogen and oxygen atoms in total. The second-order valence-electron chi connectivity index (χ2n) is 6.19. The van der Waals surface area contributed by atoms with E-state index in [4.69, 9.17) is 21.1 Å². The van der Waals surface area contributed by atoms with E-state index in [0.717, 1.165) is 0 Å². The summed E-state index contributed by atoms with van der Waals surface area (Å²) >= 11 is 6.12. The maximum atomic E-state index is 12.6. The second kappa shape index (κ2) is 10.9. The Kier molecular flexibility index (Phi) is 9.25. The van der Waals surface area contributed by atoms with Crippen molar-refractivity contribution in [3.63, 3.8) is 0 Å². The van der Waals surface area contributed by atoms with Gasteiger partial charge in [-0.25, -0.2) is 4.79 Å². The molecule has 0 aliphatic carbocycles. The predicted molar refractivity (Wildman–Crippen MR) is 113 cm³/mol. The van der Waals surface area contributed by atoms with E-state index in [1.54, 1.807) is 37.4 Å². The van der Waals surface area contributed by atoms with Crippen LogP contribution in [0.4, 0.5) is 0 Å². The van der Waals surface area contributed by atoms with Crippen LogP contribution in [0.25, 0.3) is 11.1 Å². The number of rotatable bonds is 7. The van der Waals surface area contributed by atoms with Crippen LogP contribution in [-0.2, 0) is 4.74 Å². The quantitative estimate of drug-likeness (QED) is 0.685. The average Bonchev–Trinajstić information content (AvgIpc) is 2.66. The minimum atomic E-state index is -0.528. The number of carbonyl (C=O) groups is 2. The number of hydrogen-bond donors (Lipinski definition) is 1. The van der Waals surface area contributed by atoms with Gasteiger partial charge >= 0.3 is 5.97 Å². The first-order chi connectivity index (χ1) is 12.8. The normalized spacial score (nSPS) is 10.2. The van der Waals surface area contributed by atoms with Crippen LogP contribution in [0.1, 0.15) is 20.7 Å². The third kappa shape index (κ3) is 6.12. The molecule has 1 N–H and O–H groups in total. The Morgan fingerprint density at radius 1 is 1.07 bits per heavy atom. The van der Waals surface area contributed by atoms with Gasteiger partial charge in [-0.1, -0.05) is 11.6 Å². The van der Waals surface area contributed by atoms with Crippen molar-refractivity contribution in [3.05, 3.63) is 52.5 Å². The van der Waals surface area contributed by atoms with Crippen molar-refractivity contribution in [2.75, 3.05) is 41.4 Å². The molecule has 2 aromatic carbocycles. The zero-order valence-electron chi connectivity index (χ0n) is 16.2. The van der Waals surface area contributed by atoms with Crippen molar-refractivity contribution < 1.29 is 19.1 Å². The Morgan fingerprint density at radius 3 is 2.36 bits per heavy atom. The lowest BCUT2D eigenvalue weighted by Gasteiger charge is -2.14. The molecule has 2 rings (SSSR count). The summed E-state index contributed by atoms with van der Waals surface area (Å²) in [7, 11) is 6.69. The average molecular weight is 427 g/mol. The maximum Gasteiger partial charge on any atom is 0.337 e. The fourth-order valence-corrected chi connectivity index (χ4v) is 2.72. The lowest BCUT2D eigenvalue weighted by atomic mass is 9.98. The number of likely N-dealkylation sites (N-methyl/N-ethyl adjacent to an activating group) is 1. The molecule has 2 aromatic rings. The van der Waals surface area contributed by atoms with E-state index in [-0.39, 0.29) is 23.9 Å². The summed E-state index contributed by atoms with van der Waals surface area (Å²) in [5.74, 6) is -0.217. The second-order valence-corrected chi connectivity index (χ2v) is 6.63. The van der Waals surface area contributed by atoms with E-state index in [9.17, 15) is 9.59 Å². The molecule has 8 heteroatoms. The zero-order chi connectivity index (χ0) is 20.0. The number of nitrogens with one attached hydrogen (secondary N) is 1. The highest BCUT2D eigenvalue weighted by Gasteiger charge is 2.16. The van der Waals surface area contributed by atoms with Crippen molar-refractivity contribution in [1.29, 1.82) is 0 Å². The summed E-state index contributed by atoms with van der Waals surface area (Å²) in [6, 6.07) is 10.0. The number of nitrogens with zero attached hydrogens (tertiary/aromatic N) is 1. The predicted octanol–water partition coefficient (Wildman–Crippen LogP) is 3.52. The van der Waals surface area contributed by atoms with Crippen LogP contribution >= 0.6 is 24.0 Å². The summed E-state index contributed by atoms with van der Waals surface area (Å²) in [5.41, 5.74) is 1.94. The molecule has 0 atom stereocenters. The Bertz CT molecular complexity index is 841. The molecular weight excluding hydrogens is 403 g/mol. The molecule has 0 saturated carbocycles. The van der Waals surface area contributed by atoms with E-state index in [0.29, 0.717) is 40.6 Å². The first kappa shape index (κ1) is 23.8. The van der Waals surface area contributed by atoms with Gasteiger partial charge in [-0.2, -0.15) is 0 Å². The minimum Gasteiger partial charge on any atom is -0.496 e. The van der Waals surface area contributed by atoms with Crippen LogP contribution in [0, 0.1) is 0 Å². The van der Waals surface area contributed by atoms with Gasteiger partial charge < -0.3 is 19.7 Å². The largest absolute Gasteiger partial charge is 0.496 e. The summed E-state index contributed by atoms with van der Waals surface area (Å²) in [6.07, 6.45) is 0. The van der Waals surface area contributed by atoms with Crippen LogP contribution < -0.4 is 10.1 Å². The van der Waals surface area contributed by atoms with Crippen molar-refractivity contribution in [2.45, 2.75) is 0 Å². The van der Waals surface area contributed by atoms with E-state index in [1.165, 1.54) is 13.2 Å². The first-order valence-corrected chi connectivity index (χ1v) is 8.73. The topological polar surface area (TPSA) is 67.9 Å². The number of carbonyl (C=O) groups excluding carboxylic acids is 2. The highest BCUT2D eigenvalue weighted by atomic mass is 35.5. The number of benzene rings is 2.